The molecule has 1 aliphatic heterocycles. The van der Waals surface area contributed by atoms with E-state index < -0.39 is 0 Å². The molecular formula is C15H25N3O4S. The van der Waals surface area contributed by atoms with Crippen LogP contribution in [-0.2, 0) is 20.8 Å². The van der Waals surface area contributed by atoms with Gasteiger partial charge in [-0.25, -0.2) is 9.78 Å². The molecule has 0 bridgehead atoms. The molecule has 1 fully saturated rings. The number of aromatic nitrogens is 1. The first kappa shape index (κ1) is 18.1. The second kappa shape index (κ2) is 9.17. The van der Waals surface area contributed by atoms with Crippen LogP contribution in [0.25, 0.3) is 0 Å². The molecule has 8 heteroatoms. The lowest BCUT2D eigenvalue weighted by molar-refractivity contribution is 0.0501. The molecule has 1 saturated heterocycles. The maximum atomic E-state index is 12.1. The van der Waals surface area contributed by atoms with Crippen LogP contribution in [0.1, 0.15) is 35.1 Å². The second-order valence-corrected chi connectivity index (χ2v) is 6.34. The number of piperidine rings is 1. The largest absolute Gasteiger partial charge is 0.462 e. The van der Waals surface area contributed by atoms with Crippen LogP contribution in [0, 0.1) is 0 Å². The van der Waals surface area contributed by atoms with Gasteiger partial charge < -0.3 is 24.8 Å². The van der Waals surface area contributed by atoms with Gasteiger partial charge in [-0.1, -0.05) is 11.3 Å². The van der Waals surface area contributed by atoms with E-state index in [1.54, 1.807) is 14.0 Å². The molecule has 1 aliphatic rings. The van der Waals surface area contributed by atoms with Crippen molar-refractivity contribution in [1.82, 2.24) is 4.98 Å². The molecular weight excluding hydrogens is 318 g/mol. The van der Waals surface area contributed by atoms with E-state index in [-0.39, 0.29) is 18.6 Å². The first-order valence-corrected chi connectivity index (χ1v) is 8.71. The van der Waals surface area contributed by atoms with Crippen LogP contribution in [0.4, 0.5) is 5.13 Å². The van der Waals surface area contributed by atoms with Crippen molar-refractivity contribution in [1.29, 1.82) is 0 Å². The summed E-state index contributed by atoms with van der Waals surface area (Å²) in [6, 6.07) is 0.257. The van der Waals surface area contributed by atoms with E-state index in [1.807, 2.05) is 0 Å². The summed E-state index contributed by atoms with van der Waals surface area (Å²) >= 11 is 1.37. The molecule has 1 aromatic rings. The fourth-order valence-electron chi connectivity index (χ4n) is 2.33. The number of esters is 1. The predicted octanol–water partition coefficient (Wildman–Crippen LogP) is 1.41. The van der Waals surface area contributed by atoms with Gasteiger partial charge >= 0.3 is 5.97 Å². The van der Waals surface area contributed by atoms with Crippen molar-refractivity contribution >= 4 is 22.4 Å². The predicted molar refractivity (Wildman–Crippen MR) is 89.0 cm³/mol. The van der Waals surface area contributed by atoms with Gasteiger partial charge in [0.25, 0.3) is 0 Å². The van der Waals surface area contributed by atoms with E-state index in [1.165, 1.54) is 11.3 Å². The van der Waals surface area contributed by atoms with Crippen molar-refractivity contribution in [2.75, 3.05) is 44.9 Å². The zero-order valence-corrected chi connectivity index (χ0v) is 14.6. The van der Waals surface area contributed by atoms with Crippen LogP contribution in [-0.4, -0.2) is 57.0 Å². The highest BCUT2D eigenvalue weighted by Gasteiger charge is 2.24. The molecule has 0 atom stereocenters. The maximum absolute atomic E-state index is 12.1. The number of thiazole rings is 1. The van der Waals surface area contributed by atoms with Gasteiger partial charge in [0.15, 0.2) is 5.13 Å². The number of hydrogen-bond acceptors (Lipinski definition) is 8. The molecule has 2 heterocycles. The molecule has 0 saturated carbocycles. The number of hydrogen-bond donors (Lipinski definition) is 1. The maximum Gasteiger partial charge on any atom is 0.350 e. The highest BCUT2D eigenvalue weighted by molar-refractivity contribution is 7.17. The monoisotopic (exact) mass is 343 g/mol. The van der Waals surface area contributed by atoms with Gasteiger partial charge in [0.2, 0.25) is 0 Å². The van der Waals surface area contributed by atoms with E-state index in [4.69, 9.17) is 19.9 Å². The van der Waals surface area contributed by atoms with Crippen molar-refractivity contribution in [3.05, 3.63) is 10.6 Å². The average molecular weight is 343 g/mol. The van der Waals surface area contributed by atoms with Crippen LogP contribution in [0.5, 0.6) is 0 Å². The first-order chi connectivity index (χ1) is 11.2. The van der Waals surface area contributed by atoms with E-state index in [9.17, 15) is 4.79 Å². The van der Waals surface area contributed by atoms with Crippen molar-refractivity contribution < 1.29 is 19.0 Å². The fourth-order valence-corrected chi connectivity index (χ4v) is 3.35. The third-order valence-electron chi connectivity index (χ3n) is 3.63. The standard InChI is InChI=1S/C15H25N3O4S/c1-3-22-14(19)13-12(10-21-9-8-20-2)17-15(23-13)18-6-4-11(16)5-7-18/h11H,3-10,16H2,1-2H3. The topological polar surface area (TPSA) is 86.9 Å². The third kappa shape index (κ3) is 5.13. The van der Waals surface area contributed by atoms with Crippen molar-refractivity contribution in [2.45, 2.75) is 32.4 Å². The van der Waals surface area contributed by atoms with Gasteiger partial charge in [-0.15, -0.1) is 0 Å². The van der Waals surface area contributed by atoms with Gasteiger partial charge in [0, 0.05) is 26.2 Å². The Bertz CT molecular complexity index is 501. The SMILES string of the molecule is CCOC(=O)c1sc(N2CCC(N)CC2)nc1COCCOC. The lowest BCUT2D eigenvalue weighted by atomic mass is 10.1. The van der Waals surface area contributed by atoms with Crippen LogP contribution in [0.15, 0.2) is 0 Å². The Morgan fingerprint density at radius 1 is 1.39 bits per heavy atom. The molecule has 0 amide bonds. The van der Waals surface area contributed by atoms with E-state index in [0.717, 1.165) is 31.1 Å². The third-order valence-corrected chi connectivity index (χ3v) is 4.77. The van der Waals surface area contributed by atoms with Crippen molar-refractivity contribution in [3.63, 3.8) is 0 Å². The van der Waals surface area contributed by atoms with Gasteiger partial charge in [-0.05, 0) is 19.8 Å². The number of nitrogens with zero attached hydrogens (tertiary/aromatic N) is 2. The summed E-state index contributed by atoms with van der Waals surface area (Å²) < 4.78 is 15.6. The van der Waals surface area contributed by atoms with Gasteiger partial charge in [-0.2, -0.15) is 0 Å². The van der Waals surface area contributed by atoms with E-state index in [0.29, 0.717) is 30.4 Å². The van der Waals surface area contributed by atoms with Gasteiger partial charge in [0.1, 0.15) is 4.88 Å². The molecule has 1 aromatic heterocycles. The zero-order chi connectivity index (χ0) is 16.7. The second-order valence-electron chi connectivity index (χ2n) is 5.36. The fraction of sp³-hybridized carbons (Fsp3) is 0.733. The molecule has 130 valence electrons. The van der Waals surface area contributed by atoms with Crippen LogP contribution in [0.3, 0.4) is 0 Å². The van der Waals surface area contributed by atoms with Crippen molar-refractivity contribution in [3.8, 4) is 0 Å². The Morgan fingerprint density at radius 3 is 2.78 bits per heavy atom. The number of rotatable bonds is 8. The summed E-state index contributed by atoms with van der Waals surface area (Å²) in [5, 5.41) is 0.838. The number of ether oxygens (including phenoxy) is 3. The van der Waals surface area contributed by atoms with Crippen molar-refractivity contribution in [2.24, 2.45) is 5.73 Å². The summed E-state index contributed by atoms with van der Waals surface area (Å²) in [4.78, 5) is 19.4. The Hall–Kier alpha value is -1.22. The van der Waals surface area contributed by atoms with E-state index >= 15 is 0 Å². The molecule has 23 heavy (non-hydrogen) atoms. The zero-order valence-electron chi connectivity index (χ0n) is 13.7. The highest BCUT2D eigenvalue weighted by atomic mass is 32.1. The lowest BCUT2D eigenvalue weighted by Crippen LogP contribution is -2.39. The summed E-state index contributed by atoms with van der Waals surface area (Å²) in [6.07, 6.45) is 1.88. The smallest absolute Gasteiger partial charge is 0.350 e. The highest BCUT2D eigenvalue weighted by Crippen LogP contribution is 2.29. The molecule has 0 aliphatic carbocycles. The average Bonchev–Trinajstić information content (AvgIpc) is 2.97. The summed E-state index contributed by atoms with van der Waals surface area (Å²) in [7, 11) is 1.62. The number of anilines is 1. The number of nitrogens with two attached hydrogens (primary N) is 1. The summed E-state index contributed by atoms with van der Waals surface area (Å²) in [5.74, 6) is -0.338. The minimum absolute atomic E-state index is 0.257. The van der Waals surface area contributed by atoms with Crippen LogP contribution < -0.4 is 10.6 Å². The molecule has 0 aromatic carbocycles. The summed E-state index contributed by atoms with van der Waals surface area (Å²) in [5.41, 5.74) is 6.58. The normalized spacial score (nSPS) is 15.9. The quantitative estimate of drug-likeness (QED) is 0.564. The summed E-state index contributed by atoms with van der Waals surface area (Å²) in [6.45, 7) is 5.11. The minimum atomic E-state index is -0.338. The molecule has 2 rings (SSSR count). The minimum Gasteiger partial charge on any atom is -0.462 e. The molecule has 0 radical (unpaired) electrons. The lowest BCUT2D eigenvalue weighted by Gasteiger charge is -2.29. The van der Waals surface area contributed by atoms with Crippen LogP contribution in [0.2, 0.25) is 0 Å². The molecule has 7 nitrogen and oxygen atoms in total. The first-order valence-electron chi connectivity index (χ1n) is 7.89. The Labute approximate surface area is 140 Å². The molecule has 0 unspecified atom stereocenters. The molecule has 0 spiro atoms. The number of carbonyl (C=O) groups is 1. The van der Waals surface area contributed by atoms with E-state index in [2.05, 4.69) is 9.88 Å². The Morgan fingerprint density at radius 2 is 2.13 bits per heavy atom. The molecule has 2 N–H and O–H groups in total. The van der Waals surface area contributed by atoms with Gasteiger partial charge in [0.05, 0.1) is 32.1 Å². The number of methoxy groups -OCH3 is 1. The number of carbonyl (C=O) groups excluding carboxylic acids is 1. The van der Waals surface area contributed by atoms with Crippen LogP contribution >= 0.6 is 11.3 Å². The van der Waals surface area contributed by atoms with Gasteiger partial charge in [-0.3, -0.25) is 0 Å². The Kier molecular flexibility index (Phi) is 7.22. The Balaban J connectivity index is 2.08.